The molecule has 0 radical (unpaired) electrons. The summed E-state index contributed by atoms with van der Waals surface area (Å²) in [7, 11) is 1.60. The first-order chi connectivity index (χ1) is 11.1. The minimum atomic E-state index is -0.160. The molecule has 1 aromatic rings. The number of hydrogen-bond donors (Lipinski definition) is 1. The molecule has 0 aliphatic carbocycles. The number of nitrogens with one attached hydrogen (secondary N) is 1. The van der Waals surface area contributed by atoms with E-state index >= 15 is 0 Å². The molecule has 7 heteroatoms. The van der Waals surface area contributed by atoms with Gasteiger partial charge in [-0.25, -0.2) is 0 Å². The fourth-order valence-electron chi connectivity index (χ4n) is 2.67. The first kappa shape index (κ1) is 15.6. The number of benzene rings is 1. The Kier molecular flexibility index (Phi) is 4.38. The van der Waals surface area contributed by atoms with Crippen molar-refractivity contribution in [2.75, 3.05) is 33.6 Å². The highest BCUT2D eigenvalue weighted by molar-refractivity contribution is 5.96. The third-order valence-electron chi connectivity index (χ3n) is 3.96. The summed E-state index contributed by atoms with van der Waals surface area (Å²) in [6, 6.07) is 5.08. The maximum Gasteiger partial charge on any atom is 0.254 e. The van der Waals surface area contributed by atoms with Gasteiger partial charge in [0.1, 0.15) is 0 Å². The van der Waals surface area contributed by atoms with Crippen molar-refractivity contribution in [3.8, 4) is 11.5 Å². The molecule has 0 saturated carbocycles. The number of hydrogen-bond acceptors (Lipinski definition) is 5. The summed E-state index contributed by atoms with van der Waals surface area (Å²) >= 11 is 0. The molecule has 7 nitrogen and oxygen atoms in total. The van der Waals surface area contributed by atoms with Crippen LogP contribution in [0, 0.1) is 5.92 Å². The molecular formula is C16H20N2O5. The molecule has 3 rings (SSSR count). The van der Waals surface area contributed by atoms with E-state index in [0.29, 0.717) is 36.8 Å². The Balaban J connectivity index is 1.53. The van der Waals surface area contributed by atoms with Crippen molar-refractivity contribution in [3.05, 3.63) is 23.8 Å². The minimum Gasteiger partial charge on any atom is -0.454 e. The van der Waals surface area contributed by atoms with Crippen LogP contribution in [-0.4, -0.2) is 56.4 Å². The Labute approximate surface area is 134 Å². The van der Waals surface area contributed by atoms with E-state index in [1.165, 1.54) is 0 Å². The zero-order chi connectivity index (χ0) is 16.4. The van der Waals surface area contributed by atoms with Gasteiger partial charge in [0.2, 0.25) is 12.7 Å². The maximum atomic E-state index is 12.4. The second kappa shape index (κ2) is 6.45. The lowest BCUT2D eigenvalue weighted by molar-refractivity contribution is -0.129. The van der Waals surface area contributed by atoms with Crippen LogP contribution < -0.4 is 14.8 Å². The highest BCUT2D eigenvalue weighted by atomic mass is 16.7. The van der Waals surface area contributed by atoms with Crippen LogP contribution in [0.25, 0.3) is 0 Å². The first-order valence-corrected chi connectivity index (χ1v) is 7.56. The van der Waals surface area contributed by atoms with Crippen LogP contribution in [0.1, 0.15) is 17.3 Å². The van der Waals surface area contributed by atoms with E-state index < -0.39 is 0 Å². The van der Waals surface area contributed by atoms with E-state index in [1.54, 1.807) is 30.2 Å². The van der Waals surface area contributed by atoms with Crippen LogP contribution in [0.4, 0.5) is 0 Å². The number of ether oxygens (including phenoxy) is 3. The molecular weight excluding hydrogens is 300 g/mol. The van der Waals surface area contributed by atoms with E-state index in [0.717, 1.165) is 0 Å². The fraction of sp³-hybridized carbons (Fsp3) is 0.500. The molecule has 0 spiro atoms. The lowest BCUT2D eigenvalue weighted by Crippen LogP contribution is -2.57. The van der Waals surface area contributed by atoms with Gasteiger partial charge in [0.05, 0.1) is 12.5 Å². The SMILES string of the molecule is COCC(C)NC(=O)C1CN(C(=O)c2ccc3c(c2)OCO3)C1. The van der Waals surface area contributed by atoms with Crippen molar-refractivity contribution in [2.45, 2.75) is 13.0 Å². The standard InChI is InChI=1S/C16H20N2O5/c1-10(8-21-2)17-15(19)12-6-18(7-12)16(20)11-3-4-13-14(5-11)23-9-22-13/h3-5,10,12H,6-9H2,1-2H3,(H,17,19). The number of amides is 2. The van der Waals surface area contributed by atoms with Crippen LogP contribution in [0.2, 0.25) is 0 Å². The molecule has 124 valence electrons. The van der Waals surface area contributed by atoms with E-state index in [2.05, 4.69) is 5.32 Å². The molecule has 1 aromatic carbocycles. The molecule has 2 heterocycles. The second-order valence-electron chi connectivity index (χ2n) is 5.84. The molecule has 1 fully saturated rings. The third kappa shape index (κ3) is 3.24. The maximum absolute atomic E-state index is 12.4. The van der Waals surface area contributed by atoms with Crippen molar-refractivity contribution in [1.29, 1.82) is 0 Å². The van der Waals surface area contributed by atoms with Gasteiger partial charge in [-0.15, -0.1) is 0 Å². The monoisotopic (exact) mass is 320 g/mol. The van der Waals surface area contributed by atoms with Crippen LogP contribution >= 0.6 is 0 Å². The summed E-state index contributed by atoms with van der Waals surface area (Å²) in [6.45, 7) is 3.39. The predicted molar refractivity (Wildman–Crippen MR) is 81.4 cm³/mol. The summed E-state index contributed by atoms with van der Waals surface area (Å²) in [5.41, 5.74) is 0.542. The number of carbonyl (C=O) groups excluding carboxylic acids is 2. The number of methoxy groups -OCH3 is 1. The molecule has 1 saturated heterocycles. The summed E-state index contributed by atoms with van der Waals surface area (Å²) in [6.07, 6.45) is 0. The van der Waals surface area contributed by atoms with Crippen molar-refractivity contribution in [1.82, 2.24) is 10.2 Å². The summed E-state index contributed by atoms with van der Waals surface area (Å²) in [4.78, 5) is 26.1. The molecule has 1 N–H and O–H groups in total. The molecule has 2 aliphatic rings. The van der Waals surface area contributed by atoms with Gasteiger partial charge >= 0.3 is 0 Å². The summed E-state index contributed by atoms with van der Waals surface area (Å²) in [5, 5.41) is 2.88. The van der Waals surface area contributed by atoms with Gasteiger partial charge in [-0.05, 0) is 25.1 Å². The average molecular weight is 320 g/mol. The van der Waals surface area contributed by atoms with E-state index in [4.69, 9.17) is 14.2 Å². The Morgan fingerprint density at radius 1 is 1.35 bits per heavy atom. The normalized spacial score (nSPS) is 17.6. The Bertz CT molecular complexity index is 612. The van der Waals surface area contributed by atoms with Gasteiger partial charge in [-0.1, -0.05) is 0 Å². The average Bonchev–Trinajstić information content (AvgIpc) is 2.92. The van der Waals surface area contributed by atoms with Crippen LogP contribution in [0.5, 0.6) is 11.5 Å². The lowest BCUT2D eigenvalue weighted by atomic mass is 9.97. The van der Waals surface area contributed by atoms with Gasteiger partial charge in [-0.3, -0.25) is 9.59 Å². The van der Waals surface area contributed by atoms with Crippen molar-refractivity contribution in [2.24, 2.45) is 5.92 Å². The zero-order valence-electron chi connectivity index (χ0n) is 13.2. The molecule has 2 amide bonds. The molecule has 0 aromatic heterocycles. The number of carbonyl (C=O) groups is 2. The van der Waals surface area contributed by atoms with Crippen molar-refractivity contribution >= 4 is 11.8 Å². The predicted octanol–water partition coefficient (Wildman–Crippen LogP) is 0.638. The van der Waals surface area contributed by atoms with Gasteiger partial charge < -0.3 is 24.4 Å². The van der Waals surface area contributed by atoms with Gasteiger partial charge in [0.15, 0.2) is 11.5 Å². The molecule has 1 unspecified atom stereocenters. The largest absolute Gasteiger partial charge is 0.454 e. The molecule has 23 heavy (non-hydrogen) atoms. The second-order valence-corrected chi connectivity index (χ2v) is 5.84. The van der Waals surface area contributed by atoms with Crippen LogP contribution in [0.3, 0.4) is 0 Å². The number of fused-ring (bicyclic) bond motifs is 1. The fourth-order valence-corrected chi connectivity index (χ4v) is 2.67. The van der Waals surface area contributed by atoms with E-state index in [-0.39, 0.29) is 30.6 Å². The number of likely N-dealkylation sites (tertiary alicyclic amines) is 1. The van der Waals surface area contributed by atoms with Gasteiger partial charge in [0.25, 0.3) is 5.91 Å². The third-order valence-corrected chi connectivity index (χ3v) is 3.96. The van der Waals surface area contributed by atoms with Gasteiger partial charge in [-0.2, -0.15) is 0 Å². The highest BCUT2D eigenvalue weighted by Crippen LogP contribution is 2.33. The van der Waals surface area contributed by atoms with E-state index in [1.807, 2.05) is 6.92 Å². The number of rotatable bonds is 5. The quantitative estimate of drug-likeness (QED) is 0.861. The highest BCUT2D eigenvalue weighted by Gasteiger charge is 2.36. The number of nitrogens with zero attached hydrogens (tertiary/aromatic N) is 1. The van der Waals surface area contributed by atoms with E-state index in [9.17, 15) is 9.59 Å². The Morgan fingerprint density at radius 3 is 2.83 bits per heavy atom. The minimum absolute atomic E-state index is 0.0360. The van der Waals surface area contributed by atoms with Crippen molar-refractivity contribution < 1.29 is 23.8 Å². The smallest absolute Gasteiger partial charge is 0.254 e. The Morgan fingerprint density at radius 2 is 2.09 bits per heavy atom. The molecule has 1 atom stereocenters. The first-order valence-electron chi connectivity index (χ1n) is 7.56. The summed E-state index contributed by atoms with van der Waals surface area (Å²) in [5.74, 6) is 0.933. The van der Waals surface area contributed by atoms with Crippen LogP contribution in [0.15, 0.2) is 18.2 Å². The van der Waals surface area contributed by atoms with Gasteiger partial charge in [0, 0.05) is 31.8 Å². The molecule has 0 bridgehead atoms. The summed E-state index contributed by atoms with van der Waals surface area (Å²) < 4.78 is 15.5. The molecule has 2 aliphatic heterocycles. The Hall–Kier alpha value is -2.28. The zero-order valence-corrected chi connectivity index (χ0v) is 13.2. The topological polar surface area (TPSA) is 77.1 Å². The van der Waals surface area contributed by atoms with Crippen LogP contribution in [-0.2, 0) is 9.53 Å². The van der Waals surface area contributed by atoms with Crippen molar-refractivity contribution in [3.63, 3.8) is 0 Å². The lowest BCUT2D eigenvalue weighted by Gasteiger charge is -2.38.